The fraction of sp³-hybridized carbons (Fsp3) is 0.222. The number of carbonyl (C=O) groups is 2. The monoisotopic (exact) mass is 342 g/mol. The Bertz CT molecular complexity index is 875. The van der Waals surface area contributed by atoms with Gasteiger partial charge in [-0.25, -0.2) is 4.79 Å². The molecule has 0 bridgehead atoms. The van der Waals surface area contributed by atoms with Crippen LogP contribution in [0.1, 0.15) is 0 Å². The number of aliphatic hydroxyl groups is 1. The number of hydrogen-bond donors (Lipinski definition) is 3. The van der Waals surface area contributed by atoms with Gasteiger partial charge >= 0.3 is 5.97 Å². The van der Waals surface area contributed by atoms with Crippen molar-refractivity contribution in [3.8, 4) is 5.75 Å². The van der Waals surface area contributed by atoms with Crippen molar-refractivity contribution in [1.82, 2.24) is 4.90 Å². The third kappa shape index (κ3) is 3.01. The summed E-state index contributed by atoms with van der Waals surface area (Å²) in [7, 11) is 1.24. The topological polar surface area (TPSA) is 99.1 Å². The summed E-state index contributed by atoms with van der Waals surface area (Å²) in [6, 6.07) is 10.7. The summed E-state index contributed by atoms with van der Waals surface area (Å²) in [5.74, 6) is -1.10. The predicted molar refractivity (Wildman–Crippen MR) is 91.9 cm³/mol. The van der Waals surface area contributed by atoms with Gasteiger partial charge in [-0.1, -0.05) is 30.3 Å². The molecule has 0 atom stereocenters. The van der Waals surface area contributed by atoms with Crippen LogP contribution in [0.2, 0.25) is 0 Å². The lowest BCUT2D eigenvalue weighted by Gasteiger charge is -2.16. The van der Waals surface area contributed by atoms with Gasteiger partial charge in [-0.15, -0.1) is 0 Å². The third-order valence-corrected chi connectivity index (χ3v) is 4.11. The molecule has 0 radical (unpaired) electrons. The Morgan fingerprint density at radius 2 is 2.04 bits per heavy atom. The lowest BCUT2D eigenvalue weighted by Crippen LogP contribution is -2.31. The van der Waals surface area contributed by atoms with E-state index >= 15 is 0 Å². The highest BCUT2D eigenvalue weighted by Crippen LogP contribution is 2.35. The maximum absolute atomic E-state index is 12.6. The molecule has 2 aromatic rings. The number of rotatable bonds is 5. The van der Waals surface area contributed by atoms with E-state index in [0.717, 1.165) is 5.39 Å². The van der Waals surface area contributed by atoms with Gasteiger partial charge in [-0.3, -0.25) is 4.79 Å². The summed E-state index contributed by atoms with van der Waals surface area (Å²) >= 11 is 0. The van der Waals surface area contributed by atoms with E-state index in [9.17, 15) is 14.7 Å². The Kier molecular flexibility index (Phi) is 4.58. The number of nitrogens with zero attached hydrogens (tertiary/aromatic N) is 1. The number of fused-ring (bicyclic) bond motifs is 1. The van der Waals surface area contributed by atoms with Crippen LogP contribution in [0.25, 0.3) is 10.8 Å². The van der Waals surface area contributed by atoms with E-state index in [4.69, 9.17) is 9.84 Å². The predicted octanol–water partition coefficient (Wildman–Crippen LogP) is 1.22. The molecule has 0 aromatic heterocycles. The van der Waals surface area contributed by atoms with Crippen molar-refractivity contribution < 1.29 is 24.5 Å². The Morgan fingerprint density at radius 3 is 2.76 bits per heavy atom. The molecule has 1 aliphatic heterocycles. The van der Waals surface area contributed by atoms with Gasteiger partial charge in [-0.2, -0.15) is 0 Å². The molecule has 0 fully saturated rings. The van der Waals surface area contributed by atoms with Crippen molar-refractivity contribution in [2.75, 3.05) is 32.1 Å². The van der Waals surface area contributed by atoms with Crippen LogP contribution in [0.5, 0.6) is 5.75 Å². The smallest absolute Gasteiger partial charge is 0.337 e. The third-order valence-electron chi connectivity index (χ3n) is 4.11. The number of phenolic OH excluding ortho intramolecular Hbond substituents is 1. The molecule has 0 saturated heterocycles. The highest BCUT2D eigenvalue weighted by molar-refractivity contribution is 6.10. The Hall–Kier alpha value is -3.06. The molecule has 0 unspecified atom stereocenters. The molecule has 25 heavy (non-hydrogen) atoms. The van der Waals surface area contributed by atoms with Gasteiger partial charge in [-0.05, 0) is 11.5 Å². The molecule has 1 amide bonds. The molecule has 7 nitrogen and oxygen atoms in total. The zero-order valence-corrected chi connectivity index (χ0v) is 13.7. The van der Waals surface area contributed by atoms with Gasteiger partial charge in [0, 0.05) is 11.9 Å². The number of benzene rings is 2. The number of aromatic hydroxyl groups is 1. The SMILES string of the molecule is COC(=O)C1=C(Nc2c(O)ccc3ccccc23)C(=O)N(CCO)C1. The molecule has 0 saturated carbocycles. The molecule has 2 aromatic carbocycles. The van der Waals surface area contributed by atoms with Crippen molar-refractivity contribution in [1.29, 1.82) is 0 Å². The summed E-state index contributed by atoms with van der Waals surface area (Å²) in [5, 5.41) is 23.8. The number of carbonyl (C=O) groups excluding carboxylic acids is 2. The number of esters is 1. The summed E-state index contributed by atoms with van der Waals surface area (Å²) < 4.78 is 4.75. The second kappa shape index (κ2) is 6.82. The number of hydrogen-bond acceptors (Lipinski definition) is 6. The van der Waals surface area contributed by atoms with E-state index in [0.29, 0.717) is 11.1 Å². The van der Waals surface area contributed by atoms with Crippen LogP contribution in [-0.2, 0) is 14.3 Å². The van der Waals surface area contributed by atoms with E-state index in [2.05, 4.69) is 5.32 Å². The van der Waals surface area contributed by atoms with Crippen LogP contribution in [-0.4, -0.2) is 53.8 Å². The Morgan fingerprint density at radius 1 is 1.28 bits per heavy atom. The lowest BCUT2D eigenvalue weighted by molar-refractivity contribution is -0.136. The van der Waals surface area contributed by atoms with Crippen molar-refractivity contribution in [3.63, 3.8) is 0 Å². The average molecular weight is 342 g/mol. The number of ether oxygens (including phenoxy) is 1. The first-order chi connectivity index (χ1) is 12.1. The van der Waals surface area contributed by atoms with Crippen LogP contribution < -0.4 is 5.32 Å². The molecule has 0 aliphatic carbocycles. The van der Waals surface area contributed by atoms with E-state index in [1.54, 1.807) is 12.1 Å². The highest BCUT2D eigenvalue weighted by Gasteiger charge is 2.35. The molecule has 7 heteroatoms. The van der Waals surface area contributed by atoms with E-state index in [1.165, 1.54) is 18.1 Å². The molecule has 1 aliphatic rings. The zero-order valence-electron chi connectivity index (χ0n) is 13.7. The fourth-order valence-electron chi connectivity index (χ4n) is 2.87. The normalized spacial score (nSPS) is 14.3. The molecular weight excluding hydrogens is 324 g/mol. The summed E-state index contributed by atoms with van der Waals surface area (Å²) in [6.45, 7) is -0.0705. The lowest BCUT2D eigenvalue weighted by atomic mass is 10.1. The summed E-state index contributed by atoms with van der Waals surface area (Å²) in [4.78, 5) is 26.0. The van der Waals surface area contributed by atoms with E-state index in [-0.39, 0.29) is 36.7 Å². The fourth-order valence-corrected chi connectivity index (χ4v) is 2.87. The molecule has 1 heterocycles. The van der Waals surface area contributed by atoms with Crippen molar-refractivity contribution >= 4 is 28.3 Å². The standard InChI is InChI=1S/C18H18N2O5/c1-25-18(24)13-10-20(8-9-21)17(23)16(13)19-15-12-5-3-2-4-11(12)6-7-14(15)22/h2-7,19,21-22H,8-10H2,1H3. The summed E-state index contributed by atoms with van der Waals surface area (Å²) in [5.41, 5.74) is 0.550. The number of phenols is 1. The van der Waals surface area contributed by atoms with Gasteiger partial charge in [0.25, 0.3) is 5.91 Å². The van der Waals surface area contributed by atoms with E-state index in [1.807, 2.05) is 18.2 Å². The minimum atomic E-state index is -0.629. The van der Waals surface area contributed by atoms with Gasteiger partial charge in [0.05, 0.1) is 31.5 Å². The number of β-amino-alcohol motifs (C(OH)–C–C–N with tert-alkyl or cyclic N) is 1. The number of nitrogens with one attached hydrogen (secondary N) is 1. The molecular formula is C18H18N2O5. The average Bonchev–Trinajstić information content (AvgIpc) is 2.93. The molecule has 130 valence electrons. The van der Waals surface area contributed by atoms with Crippen LogP contribution in [0, 0.1) is 0 Å². The minimum absolute atomic E-state index is 0.0381. The van der Waals surface area contributed by atoms with Gasteiger partial charge in [0.15, 0.2) is 0 Å². The number of anilines is 1. The maximum atomic E-state index is 12.6. The molecule has 3 N–H and O–H groups in total. The largest absolute Gasteiger partial charge is 0.506 e. The van der Waals surface area contributed by atoms with Crippen molar-refractivity contribution in [3.05, 3.63) is 47.7 Å². The van der Waals surface area contributed by atoms with Crippen LogP contribution in [0.3, 0.4) is 0 Å². The van der Waals surface area contributed by atoms with Crippen LogP contribution in [0.4, 0.5) is 5.69 Å². The van der Waals surface area contributed by atoms with E-state index < -0.39 is 11.9 Å². The van der Waals surface area contributed by atoms with Crippen molar-refractivity contribution in [2.45, 2.75) is 0 Å². The first-order valence-electron chi connectivity index (χ1n) is 7.76. The van der Waals surface area contributed by atoms with Gasteiger partial charge < -0.3 is 25.2 Å². The number of methoxy groups -OCH3 is 1. The molecule has 0 spiro atoms. The van der Waals surface area contributed by atoms with Gasteiger partial charge in [0.2, 0.25) is 0 Å². The second-order valence-electron chi connectivity index (χ2n) is 5.60. The zero-order chi connectivity index (χ0) is 18.0. The number of aliphatic hydroxyl groups excluding tert-OH is 1. The number of amides is 1. The molecule has 3 rings (SSSR count). The summed E-state index contributed by atoms with van der Waals surface area (Å²) in [6.07, 6.45) is 0. The van der Waals surface area contributed by atoms with Crippen LogP contribution in [0.15, 0.2) is 47.7 Å². The second-order valence-corrected chi connectivity index (χ2v) is 5.60. The Labute approximate surface area is 144 Å². The van der Waals surface area contributed by atoms with Gasteiger partial charge in [0.1, 0.15) is 11.4 Å². The quantitative estimate of drug-likeness (QED) is 0.558. The Balaban J connectivity index is 2.07. The minimum Gasteiger partial charge on any atom is -0.506 e. The van der Waals surface area contributed by atoms with Crippen molar-refractivity contribution in [2.24, 2.45) is 0 Å². The highest BCUT2D eigenvalue weighted by atomic mass is 16.5. The van der Waals surface area contributed by atoms with Crippen LogP contribution >= 0.6 is 0 Å². The maximum Gasteiger partial charge on any atom is 0.337 e. The first-order valence-corrected chi connectivity index (χ1v) is 7.76. The first kappa shape index (κ1) is 16.8.